The number of nitrogens with one attached hydrogen (secondary N) is 1. The first-order valence-corrected chi connectivity index (χ1v) is 11.1. The topological polar surface area (TPSA) is 89.9 Å². The molecule has 0 spiro atoms. The summed E-state index contributed by atoms with van der Waals surface area (Å²) in [5.74, 6) is -2.88. The zero-order chi connectivity index (χ0) is 23.8. The zero-order valence-corrected chi connectivity index (χ0v) is 18.2. The number of aliphatic hydroxyl groups is 1. The van der Waals surface area contributed by atoms with Gasteiger partial charge in [0.1, 0.15) is 11.6 Å². The molecule has 3 atom stereocenters. The number of ketones is 1. The lowest BCUT2D eigenvalue weighted by Gasteiger charge is -2.44. The van der Waals surface area contributed by atoms with Crippen molar-refractivity contribution in [2.24, 2.45) is 0 Å². The Morgan fingerprint density at radius 2 is 1.68 bits per heavy atom. The van der Waals surface area contributed by atoms with Crippen LogP contribution >= 0.6 is 0 Å². The van der Waals surface area contributed by atoms with E-state index in [0.717, 1.165) is 12.1 Å². The van der Waals surface area contributed by atoms with Gasteiger partial charge in [0.15, 0.2) is 11.5 Å². The van der Waals surface area contributed by atoms with Crippen LogP contribution in [-0.4, -0.2) is 39.4 Å². The summed E-state index contributed by atoms with van der Waals surface area (Å²) in [5.41, 5.74) is 0.462. The van der Waals surface area contributed by atoms with E-state index in [-0.39, 0.29) is 41.2 Å². The summed E-state index contributed by atoms with van der Waals surface area (Å²) in [6, 6.07) is 16.9. The number of nitrogens with zero attached hydrogens (tertiary/aromatic N) is 1. The van der Waals surface area contributed by atoms with Crippen LogP contribution in [0.5, 0.6) is 5.75 Å². The van der Waals surface area contributed by atoms with Crippen LogP contribution in [0.2, 0.25) is 0 Å². The number of hydrogen-bond donors (Lipinski definition) is 3. The van der Waals surface area contributed by atoms with E-state index in [4.69, 9.17) is 0 Å². The highest BCUT2D eigenvalue weighted by Crippen LogP contribution is 2.55. The average molecular weight is 456 g/mol. The predicted molar refractivity (Wildman–Crippen MR) is 122 cm³/mol. The number of phenols is 1. The molecule has 6 rings (SSSR count). The number of fused-ring (bicyclic) bond motifs is 5. The zero-order valence-electron chi connectivity index (χ0n) is 18.2. The number of carbonyl (C=O) groups is 2. The quantitative estimate of drug-likeness (QED) is 0.522. The van der Waals surface area contributed by atoms with Gasteiger partial charge in [-0.3, -0.25) is 9.59 Å². The molecule has 2 heterocycles. The minimum Gasteiger partial charge on any atom is -0.508 e. The molecule has 170 valence electrons. The van der Waals surface area contributed by atoms with Crippen LogP contribution in [0.1, 0.15) is 50.2 Å². The van der Waals surface area contributed by atoms with Crippen molar-refractivity contribution in [3.05, 3.63) is 106 Å². The van der Waals surface area contributed by atoms with Crippen LogP contribution < -0.4 is 5.32 Å². The molecule has 0 unspecified atom stereocenters. The van der Waals surface area contributed by atoms with Crippen LogP contribution in [0.25, 0.3) is 5.70 Å². The smallest absolute Gasteiger partial charge is 0.256 e. The largest absolute Gasteiger partial charge is 0.508 e. The van der Waals surface area contributed by atoms with E-state index < -0.39 is 17.5 Å². The van der Waals surface area contributed by atoms with Gasteiger partial charge in [0.25, 0.3) is 5.91 Å². The Labute approximate surface area is 195 Å². The van der Waals surface area contributed by atoms with Crippen molar-refractivity contribution in [1.82, 2.24) is 10.2 Å². The number of carbonyl (C=O) groups excluding carboxylic acids is 2. The molecule has 0 fully saturated rings. The third-order valence-electron chi connectivity index (χ3n) is 7.00. The van der Waals surface area contributed by atoms with Gasteiger partial charge in [-0.25, -0.2) is 4.39 Å². The molecule has 0 aromatic heterocycles. The highest BCUT2D eigenvalue weighted by molar-refractivity contribution is 6.21. The third-order valence-corrected chi connectivity index (χ3v) is 7.00. The molecule has 3 aromatic rings. The van der Waals surface area contributed by atoms with E-state index >= 15 is 0 Å². The summed E-state index contributed by atoms with van der Waals surface area (Å²) >= 11 is 0. The molecular weight excluding hydrogens is 435 g/mol. The maximum absolute atomic E-state index is 14.5. The van der Waals surface area contributed by atoms with Crippen LogP contribution in [-0.2, 0) is 5.72 Å². The number of aromatic hydroxyl groups is 1. The monoisotopic (exact) mass is 456 g/mol. The standard InChI is InChI=1S/C27H21FN2O4/c1-14-13-30-26(33)18-8-4-5-9-20(18)27(30,34)23(19-12-15(28)10-11-21(19)31)22-24(29-14)16-6-2-3-7-17(16)25(22)32/h2-12,14,23,29,31,34H,13H2,1H3/t14-,23+,27+/m0/s1. The highest BCUT2D eigenvalue weighted by atomic mass is 19.1. The molecule has 1 amide bonds. The summed E-state index contributed by atoms with van der Waals surface area (Å²) in [5, 5.41) is 26.7. The lowest BCUT2D eigenvalue weighted by molar-refractivity contribution is -0.100. The minimum absolute atomic E-state index is 0.0296. The maximum Gasteiger partial charge on any atom is 0.256 e. The molecule has 1 aliphatic carbocycles. The molecule has 0 radical (unpaired) electrons. The second-order valence-electron chi connectivity index (χ2n) is 9.03. The first-order valence-electron chi connectivity index (χ1n) is 11.1. The molecule has 0 saturated carbocycles. The minimum atomic E-state index is -2.02. The summed E-state index contributed by atoms with van der Waals surface area (Å²) in [6.07, 6.45) is 0. The van der Waals surface area contributed by atoms with E-state index in [1.165, 1.54) is 11.0 Å². The van der Waals surface area contributed by atoms with Crippen molar-refractivity contribution in [1.29, 1.82) is 0 Å². The summed E-state index contributed by atoms with van der Waals surface area (Å²) < 4.78 is 14.5. The van der Waals surface area contributed by atoms with Crippen molar-refractivity contribution in [2.75, 3.05) is 6.54 Å². The van der Waals surface area contributed by atoms with Crippen LogP contribution in [0.4, 0.5) is 4.39 Å². The molecule has 0 bridgehead atoms. The summed E-state index contributed by atoms with van der Waals surface area (Å²) in [6.45, 7) is 2.00. The fourth-order valence-electron chi connectivity index (χ4n) is 5.60. The van der Waals surface area contributed by atoms with Gasteiger partial charge in [0.2, 0.25) is 0 Å². The fourth-order valence-corrected chi connectivity index (χ4v) is 5.60. The summed E-state index contributed by atoms with van der Waals surface area (Å²) in [7, 11) is 0. The Morgan fingerprint density at radius 3 is 2.44 bits per heavy atom. The predicted octanol–water partition coefficient (Wildman–Crippen LogP) is 3.52. The average Bonchev–Trinajstić information content (AvgIpc) is 3.20. The number of benzene rings is 3. The van der Waals surface area contributed by atoms with Crippen molar-refractivity contribution in [2.45, 2.75) is 24.6 Å². The molecule has 3 N–H and O–H groups in total. The van der Waals surface area contributed by atoms with Gasteiger partial charge in [-0.2, -0.15) is 0 Å². The second-order valence-corrected chi connectivity index (χ2v) is 9.03. The number of rotatable bonds is 1. The van der Waals surface area contributed by atoms with Crippen molar-refractivity contribution >= 4 is 17.4 Å². The van der Waals surface area contributed by atoms with Gasteiger partial charge in [0, 0.05) is 46.0 Å². The van der Waals surface area contributed by atoms with E-state index in [9.17, 15) is 24.2 Å². The SMILES string of the molecule is C[C@H]1CN2C(=O)c3ccccc3[C@@]2(O)[C@H](c2cc(F)ccc2O)C2=C(N1)c1ccccc1C2=O. The van der Waals surface area contributed by atoms with Crippen LogP contribution in [0.3, 0.4) is 0 Å². The van der Waals surface area contributed by atoms with Crippen molar-refractivity contribution in [3.63, 3.8) is 0 Å². The van der Waals surface area contributed by atoms with E-state index in [1.807, 2.05) is 19.1 Å². The lowest BCUT2D eigenvalue weighted by atomic mass is 9.76. The first kappa shape index (κ1) is 20.6. The molecule has 2 aliphatic heterocycles. The van der Waals surface area contributed by atoms with Crippen molar-refractivity contribution in [3.8, 4) is 5.75 Å². The van der Waals surface area contributed by atoms with E-state index in [2.05, 4.69) is 5.32 Å². The number of Topliss-reactive ketones (excluding diaryl/α,β-unsaturated/α-hetero) is 1. The first-order chi connectivity index (χ1) is 16.3. The van der Waals surface area contributed by atoms with Crippen LogP contribution in [0.15, 0.2) is 72.3 Å². The second kappa shape index (κ2) is 7.01. The maximum atomic E-state index is 14.5. The van der Waals surface area contributed by atoms with Gasteiger partial charge in [-0.05, 0) is 31.2 Å². The normalized spacial score (nSPS) is 25.2. The fraction of sp³-hybridized carbons (Fsp3) is 0.185. The Kier molecular flexibility index (Phi) is 4.25. The van der Waals surface area contributed by atoms with Crippen molar-refractivity contribution < 1.29 is 24.2 Å². The number of phenolic OH excluding ortho intramolecular Hbond substituents is 1. The Hall–Kier alpha value is -3.97. The van der Waals surface area contributed by atoms with Gasteiger partial charge >= 0.3 is 0 Å². The number of amides is 1. The number of halogens is 1. The van der Waals surface area contributed by atoms with Crippen LogP contribution in [0, 0.1) is 5.82 Å². The molecule has 6 nitrogen and oxygen atoms in total. The molecule has 3 aromatic carbocycles. The Morgan fingerprint density at radius 1 is 1.00 bits per heavy atom. The lowest BCUT2D eigenvalue weighted by Crippen LogP contribution is -2.54. The molecule has 0 saturated heterocycles. The molecule has 3 aliphatic rings. The molecule has 7 heteroatoms. The third kappa shape index (κ3) is 2.58. The van der Waals surface area contributed by atoms with Gasteiger partial charge in [-0.1, -0.05) is 42.5 Å². The Balaban J connectivity index is 1.73. The van der Waals surface area contributed by atoms with E-state index in [1.54, 1.807) is 36.4 Å². The molecular formula is C27H21FN2O4. The highest BCUT2D eigenvalue weighted by Gasteiger charge is 2.58. The Bertz CT molecular complexity index is 1430. The van der Waals surface area contributed by atoms with Gasteiger partial charge in [-0.15, -0.1) is 0 Å². The molecule has 34 heavy (non-hydrogen) atoms. The number of hydrogen-bond acceptors (Lipinski definition) is 5. The van der Waals surface area contributed by atoms with Gasteiger partial charge < -0.3 is 20.4 Å². The summed E-state index contributed by atoms with van der Waals surface area (Å²) in [4.78, 5) is 28.6. The van der Waals surface area contributed by atoms with Gasteiger partial charge in [0.05, 0.1) is 11.6 Å². The van der Waals surface area contributed by atoms with E-state index in [0.29, 0.717) is 28.0 Å².